The summed E-state index contributed by atoms with van der Waals surface area (Å²) in [7, 11) is 0. The molecule has 2 aromatic heterocycles. The average molecular weight is 241 g/mol. The van der Waals surface area contributed by atoms with Crippen LogP contribution in [0, 0.1) is 0 Å². The Morgan fingerprint density at radius 1 is 1.18 bits per heavy atom. The molecule has 0 spiro atoms. The van der Waals surface area contributed by atoms with Crippen molar-refractivity contribution in [2.45, 2.75) is 6.18 Å². The van der Waals surface area contributed by atoms with Gasteiger partial charge in [0.15, 0.2) is 0 Å². The van der Waals surface area contributed by atoms with Gasteiger partial charge in [-0.25, -0.2) is 5.10 Å². The molecule has 1 N–H and O–H groups in total. The Bertz CT molecular complexity index is 571. The largest absolute Gasteiger partial charge is 0.417 e. The van der Waals surface area contributed by atoms with Crippen molar-refractivity contribution in [3.05, 3.63) is 46.5 Å². The van der Waals surface area contributed by atoms with E-state index in [2.05, 4.69) is 15.2 Å². The molecular weight excluding hydrogens is 235 g/mol. The molecule has 0 saturated carbocycles. The minimum absolute atomic E-state index is 0.0185. The third-order valence-electron chi connectivity index (χ3n) is 2.08. The van der Waals surface area contributed by atoms with Crippen LogP contribution >= 0.6 is 0 Å². The smallest absolute Gasteiger partial charge is 0.268 e. The molecule has 0 aromatic carbocycles. The van der Waals surface area contributed by atoms with Crippen LogP contribution < -0.4 is 5.56 Å². The van der Waals surface area contributed by atoms with Crippen LogP contribution in [0.3, 0.4) is 0 Å². The Morgan fingerprint density at radius 2 is 1.94 bits per heavy atom. The zero-order valence-corrected chi connectivity index (χ0v) is 8.32. The summed E-state index contributed by atoms with van der Waals surface area (Å²) in [5.41, 5.74) is -1.47. The van der Waals surface area contributed by atoms with Gasteiger partial charge in [-0.1, -0.05) is 0 Å². The van der Waals surface area contributed by atoms with Gasteiger partial charge >= 0.3 is 6.18 Å². The van der Waals surface area contributed by atoms with Gasteiger partial charge in [-0.3, -0.25) is 9.78 Å². The van der Waals surface area contributed by atoms with E-state index >= 15 is 0 Å². The van der Waals surface area contributed by atoms with Gasteiger partial charge in [0.25, 0.3) is 5.56 Å². The van der Waals surface area contributed by atoms with E-state index in [-0.39, 0.29) is 11.3 Å². The van der Waals surface area contributed by atoms with Crippen molar-refractivity contribution in [1.82, 2.24) is 15.2 Å². The number of nitrogens with one attached hydrogen (secondary N) is 1. The number of hydrogen-bond donors (Lipinski definition) is 1. The molecular formula is C10H6F3N3O. The summed E-state index contributed by atoms with van der Waals surface area (Å²) in [6, 6.07) is 3.18. The lowest BCUT2D eigenvalue weighted by atomic mass is 10.1. The van der Waals surface area contributed by atoms with Gasteiger partial charge < -0.3 is 0 Å². The standard InChI is InChI=1S/C10H6F3N3O/c11-10(12,13)7-3-4-14-5-6(7)8-1-2-9(17)16-15-8/h1-5H,(H,16,17). The molecule has 0 aliphatic carbocycles. The van der Waals surface area contributed by atoms with E-state index < -0.39 is 17.3 Å². The van der Waals surface area contributed by atoms with Gasteiger partial charge in [0.2, 0.25) is 0 Å². The van der Waals surface area contributed by atoms with Crippen LogP contribution in [0.5, 0.6) is 0 Å². The molecule has 0 unspecified atom stereocenters. The normalized spacial score (nSPS) is 11.5. The molecule has 0 fully saturated rings. The first-order chi connectivity index (χ1) is 7.98. The van der Waals surface area contributed by atoms with Crippen LogP contribution in [0.15, 0.2) is 35.4 Å². The molecule has 4 nitrogen and oxygen atoms in total. The molecule has 0 aliphatic rings. The summed E-state index contributed by atoms with van der Waals surface area (Å²) in [4.78, 5) is 14.4. The number of pyridine rings is 1. The summed E-state index contributed by atoms with van der Waals surface area (Å²) in [6.45, 7) is 0. The Labute approximate surface area is 93.1 Å². The molecule has 88 valence electrons. The van der Waals surface area contributed by atoms with Crippen LogP contribution in [0.4, 0.5) is 13.2 Å². The molecule has 2 aromatic rings. The number of aromatic amines is 1. The van der Waals surface area contributed by atoms with Crippen LogP contribution in [0.25, 0.3) is 11.3 Å². The molecule has 2 heterocycles. The minimum atomic E-state index is -4.49. The lowest BCUT2D eigenvalue weighted by Crippen LogP contribution is -2.10. The topological polar surface area (TPSA) is 58.6 Å². The van der Waals surface area contributed by atoms with E-state index in [1.807, 2.05) is 0 Å². The highest BCUT2D eigenvalue weighted by molar-refractivity contribution is 5.62. The number of aromatic nitrogens is 3. The number of halogens is 3. The molecule has 0 atom stereocenters. The van der Waals surface area contributed by atoms with E-state index in [1.54, 1.807) is 0 Å². The highest BCUT2D eigenvalue weighted by Gasteiger charge is 2.33. The van der Waals surface area contributed by atoms with Crippen molar-refractivity contribution in [3.63, 3.8) is 0 Å². The first kappa shape index (κ1) is 11.3. The zero-order chi connectivity index (χ0) is 12.5. The van der Waals surface area contributed by atoms with Gasteiger partial charge in [-0.05, 0) is 12.1 Å². The first-order valence-corrected chi connectivity index (χ1v) is 4.56. The third kappa shape index (κ3) is 2.32. The summed E-state index contributed by atoms with van der Waals surface area (Å²) >= 11 is 0. The molecule has 0 aliphatic heterocycles. The summed E-state index contributed by atoms with van der Waals surface area (Å²) < 4.78 is 38.1. The van der Waals surface area contributed by atoms with Crippen LogP contribution in [-0.4, -0.2) is 15.2 Å². The van der Waals surface area contributed by atoms with E-state index in [0.29, 0.717) is 0 Å². The highest BCUT2D eigenvalue weighted by Crippen LogP contribution is 2.35. The van der Waals surface area contributed by atoms with Crippen molar-refractivity contribution >= 4 is 0 Å². The predicted octanol–water partition coefficient (Wildman–Crippen LogP) is 1.85. The number of nitrogens with zero attached hydrogens (tertiary/aromatic N) is 2. The zero-order valence-electron chi connectivity index (χ0n) is 8.32. The van der Waals surface area contributed by atoms with Crippen molar-refractivity contribution in [2.75, 3.05) is 0 Å². The van der Waals surface area contributed by atoms with Crippen LogP contribution in [0.1, 0.15) is 5.56 Å². The third-order valence-corrected chi connectivity index (χ3v) is 2.08. The van der Waals surface area contributed by atoms with Gasteiger partial charge in [0.1, 0.15) is 0 Å². The number of hydrogen-bond acceptors (Lipinski definition) is 3. The van der Waals surface area contributed by atoms with E-state index in [9.17, 15) is 18.0 Å². The maximum absolute atomic E-state index is 12.7. The lowest BCUT2D eigenvalue weighted by Gasteiger charge is -2.10. The maximum Gasteiger partial charge on any atom is 0.417 e. The Balaban J connectivity index is 2.60. The predicted molar refractivity (Wildman–Crippen MR) is 53.1 cm³/mol. The quantitative estimate of drug-likeness (QED) is 0.828. The Hall–Kier alpha value is -2.18. The molecule has 0 saturated heterocycles. The van der Waals surface area contributed by atoms with Gasteiger partial charge in [-0.2, -0.15) is 18.3 Å². The second-order valence-electron chi connectivity index (χ2n) is 3.23. The second kappa shape index (κ2) is 4.00. The van der Waals surface area contributed by atoms with Gasteiger partial charge in [0.05, 0.1) is 11.3 Å². The average Bonchev–Trinajstić information content (AvgIpc) is 2.29. The first-order valence-electron chi connectivity index (χ1n) is 4.56. The lowest BCUT2D eigenvalue weighted by molar-refractivity contribution is -0.137. The molecule has 0 radical (unpaired) electrons. The van der Waals surface area contributed by atoms with Crippen molar-refractivity contribution < 1.29 is 13.2 Å². The molecule has 7 heteroatoms. The Kier molecular flexibility index (Phi) is 2.66. The fourth-order valence-corrected chi connectivity index (χ4v) is 1.34. The Morgan fingerprint density at radius 3 is 2.53 bits per heavy atom. The molecule has 2 rings (SSSR count). The molecule has 0 bridgehead atoms. The number of H-pyrrole nitrogens is 1. The maximum atomic E-state index is 12.7. The second-order valence-corrected chi connectivity index (χ2v) is 3.23. The van der Waals surface area contributed by atoms with Crippen molar-refractivity contribution in [1.29, 1.82) is 0 Å². The van der Waals surface area contributed by atoms with Gasteiger partial charge in [0, 0.05) is 24.0 Å². The van der Waals surface area contributed by atoms with E-state index in [0.717, 1.165) is 24.5 Å². The molecule has 17 heavy (non-hydrogen) atoms. The monoisotopic (exact) mass is 241 g/mol. The van der Waals surface area contributed by atoms with Gasteiger partial charge in [-0.15, -0.1) is 0 Å². The summed E-state index contributed by atoms with van der Waals surface area (Å²) in [5, 5.41) is 5.62. The van der Waals surface area contributed by atoms with Crippen LogP contribution in [-0.2, 0) is 6.18 Å². The SMILES string of the molecule is O=c1ccc(-c2cnccc2C(F)(F)F)n[nH]1. The number of alkyl halides is 3. The van der Waals surface area contributed by atoms with Crippen molar-refractivity contribution in [3.8, 4) is 11.3 Å². The van der Waals surface area contributed by atoms with Crippen molar-refractivity contribution in [2.24, 2.45) is 0 Å². The number of rotatable bonds is 1. The fourth-order valence-electron chi connectivity index (χ4n) is 1.34. The summed E-state index contributed by atoms with van der Waals surface area (Å²) in [5.74, 6) is 0. The minimum Gasteiger partial charge on any atom is -0.268 e. The fraction of sp³-hybridized carbons (Fsp3) is 0.100. The van der Waals surface area contributed by atoms with Crippen LogP contribution in [0.2, 0.25) is 0 Å². The van der Waals surface area contributed by atoms with E-state index in [4.69, 9.17) is 0 Å². The summed E-state index contributed by atoms with van der Waals surface area (Å²) in [6.07, 6.45) is -2.38. The molecule has 0 amide bonds. The van der Waals surface area contributed by atoms with E-state index in [1.165, 1.54) is 6.07 Å². The highest BCUT2D eigenvalue weighted by atomic mass is 19.4.